The molecule has 0 saturated heterocycles. The molecule has 0 N–H and O–H groups in total. The highest BCUT2D eigenvalue weighted by molar-refractivity contribution is 5.65. The lowest BCUT2D eigenvalue weighted by atomic mass is 10.1. The second kappa shape index (κ2) is 5.91. The van der Waals surface area contributed by atoms with Crippen LogP contribution in [0.5, 0.6) is 0 Å². The molecule has 0 aliphatic carbocycles. The van der Waals surface area contributed by atoms with Gasteiger partial charge in [-0.1, -0.05) is 30.3 Å². The predicted molar refractivity (Wildman–Crippen MR) is 96.7 cm³/mol. The van der Waals surface area contributed by atoms with E-state index in [-0.39, 0.29) is 0 Å². The van der Waals surface area contributed by atoms with Gasteiger partial charge in [0, 0.05) is 31.6 Å². The summed E-state index contributed by atoms with van der Waals surface area (Å²) in [5.74, 6) is 3.56. The molecule has 0 atom stereocenters. The van der Waals surface area contributed by atoms with Gasteiger partial charge in [0.2, 0.25) is 0 Å². The first-order valence-corrected chi connectivity index (χ1v) is 8.68. The Morgan fingerprint density at radius 3 is 2.92 bits per heavy atom. The summed E-state index contributed by atoms with van der Waals surface area (Å²) in [6.45, 7) is 1.65. The maximum Gasteiger partial charge on any atom is 0.254 e. The maximum absolute atomic E-state index is 4.63. The Bertz CT molecular complexity index is 1070. The van der Waals surface area contributed by atoms with Gasteiger partial charge >= 0.3 is 0 Å². The second-order valence-electron chi connectivity index (χ2n) is 6.48. The molecule has 130 valence electrons. The third-order valence-electron chi connectivity index (χ3n) is 4.76. The summed E-state index contributed by atoms with van der Waals surface area (Å²) in [4.78, 5) is 11.0. The second-order valence-corrected chi connectivity index (χ2v) is 6.48. The lowest BCUT2D eigenvalue weighted by Crippen LogP contribution is -2.22. The molecule has 4 heterocycles. The SMILES string of the molecule is CN(Cc1nnc2n1CCC2)c1cc(-c2ccccc2)nc2ncnn12. The molecule has 8 heteroatoms. The largest absolute Gasteiger partial charge is 0.352 e. The number of anilines is 1. The zero-order valence-corrected chi connectivity index (χ0v) is 14.4. The van der Waals surface area contributed by atoms with Crippen molar-refractivity contribution in [2.45, 2.75) is 25.9 Å². The van der Waals surface area contributed by atoms with Crippen LogP contribution in [0.1, 0.15) is 18.1 Å². The molecule has 0 spiro atoms. The summed E-state index contributed by atoms with van der Waals surface area (Å²) in [7, 11) is 2.03. The highest BCUT2D eigenvalue weighted by Gasteiger charge is 2.20. The Morgan fingerprint density at radius 1 is 1.15 bits per heavy atom. The van der Waals surface area contributed by atoms with E-state index in [0.29, 0.717) is 12.3 Å². The zero-order chi connectivity index (χ0) is 17.5. The Balaban J connectivity index is 1.55. The lowest BCUT2D eigenvalue weighted by molar-refractivity contribution is 0.671. The van der Waals surface area contributed by atoms with Gasteiger partial charge in [0.15, 0.2) is 5.82 Å². The average molecular weight is 346 g/mol. The highest BCUT2D eigenvalue weighted by atomic mass is 15.4. The fourth-order valence-corrected chi connectivity index (χ4v) is 3.45. The zero-order valence-electron chi connectivity index (χ0n) is 14.4. The van der Waals surface area contributed by atoms with Crippen LogP contribution in [-0.4, -0.2) is 41.4 Å². The normalized spacial score (nSPS) is 13.3. The standard InChI is InChI=1S/C18H18N8/c1-24(11-16-23-22-15-8-5-9-25(15)16)17-10-14(13-6-3-2-4-7-13)21-18-19-12-20-26(17)18/h2-4,6-7,10,12H,5,8-9,11H2,1H3. The van der Waals surface area contributed by atoms with Crippen molar-refractivity contribution in [1.82, 2.24) is 34.3 Å². The number of aryl methyl sites for hydroxylation is 1. The highest BCUT2D eigenvalue weighted by Crippen LogP contribution is 2.24. The van der Waals surface area contributed by atoms with Gasteiger partial charge in [0.25, 0.3) is 5.78 Å². The number of hydrogen-bond donors (Lipinski definition) is 0. The Labute approximate surface area is 150 Å². The van der Waals surface area contributed by atoms with E-state index in [1.54, 1.807) is 4.52 Å². The van der Waals surface area contributed by atoms with Gasteiger partial charge in [0.05, 0.1) is 12.2 Å². The van der Waals surface area contributed by atoms with Crippen LogP contribution in [-0.2, 0) is 19.5 Å². The van der Waals surface area contributed by atoms with Crippen LogP contribution in [0.4, 0.5) is 5.82 Å². The van der Waals surface area contributed by atoms with Crippen LogP contribution < -0.4 is 4.90 Å². The minimum atomic E-state index is 0.583. The molecule has 0 radical (unpaired) electrons. The quantitative estimate of drug-likeness (QED) is 0.562. The molecule has 0 saturated carbocycles. The van der Waals surface area contributed by atoms with Crippen LogP contribution in [0.3, 0.4) is 0 Å². The van der Waals surface area contributed by atoms with Crippen LogP contribution >= 0.6 is 0 Å². The molecule has 0 unspecified atom stereocenters. The molecule has 26 heavy (non-hydrogen) atoms. The summed E-state index contributed by atoms with van der Waals surface area (Å²) >= 11 is 0. The number of hydrogen-bond acceptors (Lipinski definition) is 6. The third-order valence-corrected chi connectivity index (χ3v) is 4.76. The molecule has 0 fully saturated rings. The van der Waals surface area contributed by atoms with E-state index in [2.05, 4.69) is 34.7 Å². The van der Waals surface area contributed by atoms with E-state index >= 15 is 0 Å². The number of benzene rings is 1. The van der Waals surface area contributed by atoms with Gasteiger partial charge in [-0.2, -0.15) is 14.6 Å². The van der Waals surface area contributed by atoms with Crippen molar-refractivity contribution < 1.29 is 0 Å². The average Bonchev–Trinajstić information content (AvgIpc) is 3.39. The van der Waals surface area contributed by atoms with Crippen molar-refractivity contribution in [3.8, 4) is 11.3 Å². The van der Waals surface area contributed by atoms with E-state index in [1.165, 1.54) is 6.33 Å². The molecule has 1 aliphatic heterocycles. The first-order chi connectivity index (χ1) is 12.8. The fourth-order valence-electron chi connectivity index (χ4n) is 3.45. The van der Waals surface area contributed by atoms with E-state index in [1.807, 2.05) is 43.4 Å². The van der Waals surface area contributed by atoms with Crippen molar-refractivity contribution >= 4 is 11.6 Å². The molecule has 1 aliphatic rings. The molecule has 3 aromatic heterocycles. The fraction of sp³-hybridized carbons (Fsp3) is 0.278. The minimum absolute atomic E-state index is 0.583. The Kier molecular flexibility index (Phi) is 3.41. The first-order valence-electron chi connectivity index (χ1n) is 8.68. The summed E-state index contributed by atoms with van der Waals surface area (Å²) in [6.07, 6.45) is 3.68. The van der Waals surface area contributed by atoms with E-state index < -0.39 is 0 Å². The van der Waals surface area contributed by atoms with Gasteiger partial charge < -0.3 is 9.47 Å². The Morgan fingerprint density at radius 2 is 2.04 bits per heavy atom. The summed E-state index contributed by atoms with van der Waals surface area (Å²) in [5, 5.41) is 13.0. The topological polar surface area (TPSA) is 77.0 Å². The van der Waals surface area contributed by atoms with Gasteiger partial charge in [-0.3, -0.25) is 0 Å². The Hall–Kier alpha value is -3.29. The van der Waals surface area contributed by atoms with Gasteiger partial charge in [-0.25, -0.2) is 4.98 Å². The van der Waals surface area contributed by atoms with Crippen LogP contribution in [0.15, 0.2) is 42.7 Å². The van der Waals surface area contributed by atoms with Crippen molar-refractivity contribution in [1.29, 1.82) is 0 Å². The van der Waals surface area contributed by atoms with E-state index in [9.17, 15) is 0 Å². The monoisotopic (exact) mass is 346 g/mol. The third kappa shape index (κ3) is 2.42. The van der Waals surface area contributed by atoms with Crippen LogP contribution in [0.2, 0.25) is 0 Å². The number of fused-ring (bicyclic) bond motifs is 2. The summed E-state index contributed by atoms with van der Waals surface area (Å²) in [6, 6.07) is 12.1. The predicted octanol–water partition coefficient (Wildman–Crippen LogP) is 1.97. The molecule has 5 rings (SSSR count). The van der Waals surface area contributed by atoms with Crippen LogP contribution in [0.25, 0.3) is 17.0 Å². The first kappa shape index (κ1) is 15.0. The van der Waals surface area contributed by atoms with Gasteiger partial charge in [0.1, 0.15) is 18.0 Å². The lowest BCUT2D eigenvalue weighted by Gasteiger charge is -2.20. The summed E-state index contributed by atoms with van der Waals surface area (Å²) < 4.78 is 3.97. The van der Waals surface area contributed by atoms with Crippen molar-refractivity contribution in [2.75, 3.05) is 11.9 Å². The number of nitrogens with zero attached hydrogens (tertiary/aromatic N) is 8. The maximum atomic E-state index is 4.63. The van der Waals surface area contributed by atoms with Crippen molar-refractivity contribution in [3.63, 3.8) is 0 Å². The number of rotatable bonds is 4. The molecular weight excluding hydrogens is 328 g/mol. The smallest absolute Gasteiger partial charge is 0.254 e. The van der Waals surface area contributed by atoms with E-state index in [0.717, 1.165) is 48.1 Å². The molecule has 0 amide bonds. The molecule has 0 bridgehead atoms. The molecule has 1 aromatic carbocycles. The van der Waals surface area contributed by atoms with Gasteiger partial charge in [-0.05, 0) is 6.42 Å². The summed E-state index contributed by atoms with van der Waals surface area (Å²) in [5.41, 5.74) is 1.93. The van der Waals surface area contributed by atoms with E-state index in [4.69, 9.17) is 0 Å². The molecule has 8 nitrogen and oxygen atoms in total. The molecule has 4 aromatic rings. The van der Waals surface area contributed by atoms with Crippen molar-refractivity contribution in [3.05, 3.63) is 54.4 Å². The molecular formula is C18H18N8. The van der Waals surface area contributed by atoms with Crippen LogP contribution in [0, 0.1) is 0 Å². The number of aromatic nitrogens is 7. The van der Waals surface area contributed by atoms with Crippen molar-refractivity contribution in [2.24, 2.45) is 0 Å². The minimum Gasteiger partial charge on any atom is -0.352 e. The van der Waals surface area contributed by atoms with Gasteiger partial charge in [-0.15, -0.1) is 10.2 Å².